The van der Waals surface area contributed by atoms with Crippen molar-refractivity contribution >= 4 is 22.4 Å². The van der Waals surface area contributed by atoms with Crippen LogP contribution in [0.3, 0.4) is 0 Å². The highest BCUT2D eigenvalue weighted by molar-refractivity contribution is 6.12. The van der Waals surface area contributed by atoms with Crippen molar-refractivity contribution in [1.29, 1.82) is 0 Å². The molecule has 6 rings (SSSR count). The minimum Gasteiger partial charge on any atom is -0.344 e. The van der Waals surface area contributed by atoms with E-state index in [9.17, 15) is 4.79 Å². The van der Waals surface area contributed by atoms with E-state index in [1.165, 1.54) is 53.6 Å². The Morgan fingerprint density at radius 3 is 2.89 bits per heavy atom. The highest BCUT2D eigenvalue weighted by Gasteiger charge is 2.36. The first kappa shape index (κ1) is 16.8. The average Bonchev–Trinajstić information content (AvgIpc) is 3.25. The molecule has 0 bridgehead atoms. The number of Topliss-reactive ketones (excluding diaryl/α,β-unsaturated/α-hetero) is 1. The lowest BCUT2D eigenvalue weighted by Gasteiger charge is -2.29. The van der Waals surface area contributed by atoms with Gasteiger partial charge in [0.1, 0.15) is 0 Å². The summed E-state index contributed by atoms with van der Waals surface area (Å²) in [6, 6.07) is 6.57. The Hall–Kier alpha value is -2.16. The second-order valence-corrected chi connectivity index (χ2v) is 9.30. The van der Waals surface area contributed by atoms with Crippen molar-refractivity contribution in [3.63, 3.8) is 0 Å². The lowest BCUT2D eigenvalue weighted by Crippen LogP contribution is -2.28. The van der Waals surface area contributed by atoms with Crippen LogP contribution in [0.1, 0.15) is 66.6 Å². The van der Waals surface area contributed by atoms with Crippen LogP contribution in [0.2, 0.25) is 0 Å². The van der Waals surface area contributed by atoms with Crippen LogP contribution >= 0.6 is 0 Å². The van der Waals surface area contributed by atoms with E-state index in [1.54, 1.807) is 0 Å². The minimum atomic E-state index is 0.148. The third kappa shape index (κ3) is 2.48. The number of hydrogen-bond donors (Lipinski definition) is 0. The molecule has 0 spiro atoms. The molecule has 0 radical (unpaired) electrons. The van der Waals surface area contributed by atoms with Gasteiger partial charge >= 0.3 is 0 Å². The molecule has 28 heavy (non-hydrogen) atoms. The number of para-hydroxylation sites is 1. The number of ketones is 1. The normalized spacial score (nSPS) is 26.4. The molecule has 144 valence electrons. The molecule has 3 heterocycles. The van der Waals surface area contributed by atoms with Crippen molar-refractivity contribution in [2.75, 3.05) is 0 Å². The van der Waals surface area contributed by atoms with Crippen LogP contribution < -0.4 is 0 Å². The van der Waals surface area contributed by atoms with Crippen LogP contribution in [0, 0.1) is 17.8 Å². The molecule has 1 aromatic carbocycles. The van der Waals surface area contributed by atoms with Gasteiger partial charge in [-0.2, -0.15) is 0 Å². The number of hydrogen-bond acceptors (Lipinski definition) is 2. The van der Waals surface area contributed by atoms with E-state index in [1.807, 2.05) is 6.20 Å². The maximum atomic E-state index is 13.6. The van der Waals surface area contributed by atoms with Gasteiger partial charge in [-0.25, -0.2) is 0 Å². The molecule has 2 aliphatic carbocycles. The minimum absolute atomic E-state index is 0.148. The molecule has 1 fully saturated rings. The predicted molar refractivity (Wildman–Crippen MR) is 113 cm³/mol. The van der Waals surface area contributed by atoms with Gasteiger partial charge in [-0.05, 0) is 50.0 Å². The van der Waals surface area contributed by atoms with Crippen LogP contribution in [-0.2, 0) is 19.4 Å². The summed E-state index contributed by atoms with van der Waals surface area (Å²) in [5.74, 6) is 1.77. The second kappa shape index (κ2) is 6.43. The van der Waals surface area contributed by atoms with Crippen molar-refractivity contribution in [1.82, 2.24) is 4.57 Å². The van der Waals surface area contributed by atoms with Crippen molar-refractivity contribution in [2.45, 2.75) is 64.3 Å². The number of benzene rings is 1. The second-order valence-electron chi connectivity index (χ2n) is 9.30. The first-order valence-electron chi connectivity index (χ1n) is 11.2. The molecule has 2 aliphatic heterocycles. The number of aromatic nitrogens is 1. The van der Waals surface area contributed by atoms with E-state index in [-0.39, 0.29) is 5.92 Å². The van der Waals surface area contributed by atoms with Crippen LogP contribution in [0.4, 0.5) is 0 Å². The molecule has 0 N–H and O–H groups in total. The van der Waals surface area contributed by atoms with Crippen molar-refractivity contribution in [3.05, 3.63) is 47.3 Å². The molecule has 2 aromatic rings. The zero-order chi connectivity index (χ0) is 18.7. The van der Waals surface area contributed by atoms with E-state index in [0.717, 1.165) is 50.1 Å². The van der Waals surface area contributed by atoms with Crippen LogP contribution in [0.15, 0.2) is 35.5 Å². The van der Waals surface area contributed by atoms with Gasteiger partial charge in [0, 0.05) is 46.9 Å². The summed E-state index contributed by atoms with van der Waals surface area (Å²) >= 11 is 0. The van der Waals surface area contributed by atoms with Gasteiger partial charge in [-0.1, -0.05) is 43.5 Å². The fraction of sp³-hybridized carbons (Fsp3) is 0.520. The molecular formula is C25H28N2O. The van der Waals surface area contributed by atoms with E-state index in [4.69, 9.17) is 0 Å². The third-order valence-electron chi connectivity index (χ3n) is 7.70. The van der Waals surface area contributed by atoms with E-state index in [2.05, 4.69) is 33.8 Å². The van der Waals surface area contributed by atoms with Crippen LogP contribution in [0.25, 0.3) is 10.9 Å². The first-order chi connectivity index (χ1) is 13.8. The highest BCUT2D eigenvalue weighted by Crippen LogP contribution is 2.41. The summed E-state index contributed by atoms with van der Waals surface area (Å²) in [5.41, 5.74) is 6.48. The SMILES string of the molecule is O=C1c2c(n3c4c(cccc24)CCC3)CC[C@@H]1CC1C=CN=C1CC1CCC1. The van der Waals surface area contributed by atoms with Crippen LogP contribution in [0.5, 0.6) is 0 Å². The Morgan fingerprint density at radius 2 is 2.04 bits per heavy atom. The largest absolute Gasteiger partial charge is 0.344 e. The van der Waals surface area contributed by atoms with Gasteiger partial charge in [-0.3, -0.25) is 9.79 Å². The molecule has 0 saturated heterocycles. The quantitative estimate of drug-likeness (QED) is 0.698. The van der Waals surface area contributed by atoms with Crippen molar-refractivity contribution in [2.24, 2.45) is 22.7 Å². The average molecular weight is 373 g/mol. The zero-order valence-corrected chi connectivity index (χ0v) is 16.5. The number of aliphatic imine (C=N–C) groups is 1. The fourth-order valence-electron chi connectivity index (χ4n) is 5.99. The molecular weight excluding hydrogens is 344 g/mol. The van der Waals surface area contributed by atoms with Gasteiger partial charge < -0.3 is 4.57 Å². The number of rotatable bonds is 4. The Morgan fingerprint density at radius 1 is 1.11 bits per heavy atom. The number of carbonyl (C=O) groups excluding carboxylic acids is 1. The number of allylic oxidation sites excluding steroid dienone is 1. The number of carbonyl (C=O) groups is 1. The van der Waals surface area contributed by atoms with Crippen molar-refractivity contribution in [3.8, 4) is 0 Å². The van der Waals surface area contributed by atoms with E-state index < -0.39 is 0 Å². The lowest BCUT2D eigenvalue weighted by molar-refractivity contribution is 0.0891. The van der Waals surface area contributed by atoms with Gasteiger partial charge in [0.2, 0.25) is 0 Å². The fourth-order valence-corrected chi connectivity index (χ4v) is 5.99. The molecule has 0 amide bonds. The molecule has 1 aromatic heterocycles. The first-order valence-corrected chi connectivity index (χ1v) is 11.2. The molecule has 3 nitrogen and oxygen atoms in total. The zero-order valence-electron chi connectivity index (χ0n) is 16.5. The maximum absolute atomic E-state index is 13.6. The smallest absolute Gasteiger partial charge is 0.168 e. The molecule has 1 saturated carbocycles. The Balaban J connectivity index is 1.29. The van der Waals surface area contributed by atoms with Gasteiger partial charge in [0.05, 0.1) is 5.52 Å². The van der Waals surface area contributed by atoms with Gasteiger partial charge in [0.25, 0.3) is 0 Å². The van der Waals surface area contributed by atoms with Gasteiger partial charge in [-0.15, -0.1) is 0 Å². The van der Waals surface area contributed by atoms with E-state index >= 15 is 0 Å². The Kier molecular flexibility index (Phi) is 3.85. The summed E-state index contributed by atoms with van der Waals surface area (Å²) in [6.07, 6.45) is 14.8. The summed E-state index contributed by atoms with van der Waals surface area (Å²) in [6.45, 7) is 1.07. The summed E-state index contributed by atoms with van der Waals surface area (Å²) in [7, 11) is 0. The monoisotopic (exact) mass is 372 g/mol. The van der Waals surface area contributed by atoms with E-state index in [0.29, 0.717) is 11.7 Å². The lowest BCUT2D eigenvalue weighted by atomic mass is 9.76. The molecule has 3 heteroatoms. The number of aryl methyl sites for hydroxylation is 2. The molecule has 1 unspecified atom stereocenters. The Bertz CT molecular complexity index is 1020. The summed E-state index contributed by atoms with van der Waals surface area (Å²) in [4.78, 5) is 18.3. The number of fused-ring (bicyclic) bond motifs is 3. The standard InChI is InChI=1S/C25H28N2O/c28-25-19(15-18-11-12-26-21(18)14-16-4-1-5-16)9-10-22-23(25)20-8-2-6-17-7-3-13-27(22)24(17)20/h2,6,8,11-12,16,18-19H,1,3-5,7,9-10,13-15H2/t18?,19-/m1/s1. The van der Waals surface area contributed by atoms with Gasteiger partial charge in [0.15, 0.2) is 5.78 Å². The molecule has 4 aliphatic rings. The third-order valence-corrected chi connectivity index (χ3v) is 7.70. The predicted octanol–water partition coefficient (Wildman–Crippen LogP) is 5.50. The maximum Gasteiger partial charge on any atom is 0.168 e. The Labute approximate surface area is 166 Å². The summed E-state index contributed by atoms with van der Waals surface area (Å²) < 4.78 is 2.47. The van der Waals surface area contributed by atoms with Crippen molar-refractivity contribution < 1.29 is 4.79 Å². The van der Waals surface area contributed by atoms with Crippen LogP contribution in [-0.4, -0.2) is 16.1 Å². The number of nitrogens with zero attached hydrogens (tertiary/aromatic N) is 2. The highest BCUT2D eigenvalue weighted by atomic mass is 16.1. The summed E-state index contributed by atoms with van der Waals surface area (Å²) in [5, 5.41) is 1.22. The molecule has 2 atom stereocenters. The topological polar surface area (TPSA) is 34.4 Å².